The van der Waals surface area contributed by atoms with Crippen LogP contribution >= 0.6 is 0 Å². The molecule has 1 aliphatic rings. The maximum Gasteiger partial charge on any atom is 0.483 e. The molecule has 8 heteroatoms. The highest BCUT2D eigenvalue weighted by molar-refractivity contribution is 6.01. The van der Waals surface area contributed by atoms with Crippen LogP contribution in [0, 0.1) is 6.92 Å². The fourth-order valence-corrected chi connectivity index (χ4v) is 3.49. The lowest BCUT2D eigenvalue weighted by atomic mass is 10.1. The van der Waals surface area contributed by atoms with Gasteiger partial charge in [-0.15, -0.1) is 0 Å². The Morgan fingerprint density at radius 1 is 1.17 bits per heavy atom. The summed E-state index contributed by atoms with van der Waals surface area (Å²) in [5.41, 5.74) is 1.86. The van der Waals surface area contributed by atoms with Crippen molar-refractivity contribution in [2.75, 3.05) is 4.90 Å². The maximum absolute atomic E-state index is 14.3. The van der Waals surface area contributed by atoms with Gasteiger partial charge in [0, 0.05) is 7.05 Å². The Morgan fingerprint density at radius 2 is 1.93 bits per heavy atom. The van der Waals surface area contributed by atoms with Gasteiger partial charge in [0.15, 0.2) is 5.75 Å². The van der Waals surface area contributed by atoms with Crippen LogP contribution in [0.2, 0.25) is 0 Å². The van der Waals surface area contributed by atoms with Crippen LogP contribution < -0.4 is 15.2 Å². The summed E-state index contributed by atoms with van der Waals surface area (Å²) in [6.45, 7) is 3.39. The summed E-state index contributed by atoms with van der Waals surface area (Å²) in [5, 5.41) is 0.434. The number of benzene rings is 2. The minimum atomic E-state index is -3.99. The molecule has 0 spiro atoms. The maximum atomic E-state index is 14.3. The van der Waals surface area contributed by atoms with Crippen molar-refractivity contribution >= 4 is 22.5 Å². The molecule has 2 aromatic carbocycles. The third kappa shape index (κ3) is 3.04. The Kier molecular flexibility index (Phi) is 4.37. The van der Waals surface area contributed by atoms with Crippen molar-refractivity contribution in [2.24, 2.45) is 7.05 Å². The van der Waals surface area contributed by atoms with E-state index in [1.165, 1.54) is 11.6 Å². The van der Waals surface area contributed by atoms with Crippen molar-refractivity contribution in [2.45, 2.75) is 32.9 Å². The van der Waals surface area contributed by atoms with Gasteiger partial charge in [0.25, 0.3) is 5.56 Å². The van der Waals surface area contributed by atoms with E-state index in [9.17, 15) is 18.4 Å². The molecule has 0 N–H and O–H groups in total. The first-order valence-corrected chi connectivity index (χ1v) is 9.20. The lowest BCUT2D eigenvalue weighted by Crippen LogP contribution is -2.51. The van der Waals surface area contributed by atoms with Crippen LogP contribution in [0.1, 0.15) is 23.9 Å². The summed E-state index contributed by atoms with van der Waals surface area (Å²) in [5.74, 6) is -1.32. The number of fused-ring (bicyclic) bond motifs is 2. The van der Waals surface area contributed by atoms with E-state index in [1.807, 2.05) is 19.9 Å². The number of para-hydroxylation sites is 1. The fourth-order valence-electron chi connectivity index (χ4n) is 3.49. The standard InChI is InChI=1S/C21H19F2N3O3/c1-4-13-6-5-7-16-18(13)29-21(22,23)20(28)26(16)11-17-24-15-9-8-12(2)10-14(15)19(27)25(17)3/h5-10H,4,11H2,1-3H3. The van der Waals surface area contributed by atoms with Crippen LogP contribution in [0.5, 0.6) is 5.75 Å². The smallest absolute Gasteiger partial charge is 0.423 e. The predicted octanol–water partition coefficient (Wildman–Crippen LogP) is 3.32. The van der Waals surface area contributed by atoms with Crippen LogP contribution in [-0.4, -0.2) is 21.6 Å². The van der Waals surface area contributed by atoms with Gasteiger partial charge in [-0.3, -0.25) is 19.1 Å². The van der Waals surface area contributed by atoms with Gasteiger partial charge < -0.3 is 4.74 Å². The second-order valence-corrected chi connectivity index (χ2v) is 7.04. The molecule has 150 valence electrons. The van der Waals surface area contributed by atoms with Crippen molar-refractivity contribution in [1.29, 1.82) is 0 Å². The summed E-state index contributed by atoms with van der Waals surface area (Å²) in [6.07, 6.45) is -3.53. The van der Waals surface area contributed by atoms with Crippen molar-refractivity contribution in [3.8, 4) is 5.75 Å². The number of amides is 1. The molecular formula is C21H19F2N3O3. The van der Waals surface area contributed by atoms with E-state index in [2.05, 4.69) is 4.98 Å². The topological polar surface area (TPSA) is 64.4 Å². The molecule has 1 aromatic heterocycles. The molecule has 0 bridgehead atoms. The Labute approximate surface area is 165 Å². The first-order valence-electron chi connectivity index (χ1n) is 9.20. The monoisotopic (exact) mass is 399 g/mol. The number of carbonyl (C=O) groups excluding carboxylic acids is 1. The average molecular weight is 399 g/mol. The lowest BCUT2D eigenvalue weighted by Gasteiger charge is -2.34. The number of hydrogen-bond acceptors (Lipinski definition) is 4. The molecule has 6 nitrogen and oxygen atoms in total. The van der Waals surface area contributed by atoms with Crippen molar-refractivity contribution in [1.82, 2.24) is 9.55 Å². The van der Waals surface area contributed by atoms with Crippen LogP contribution in [0.3, 0.4) is 0 Å². The molecule has 4 rings (SSSR count). The lowest BCUT2D eigenvalue weighted by molar-refractivity contribution is -0.193. The van der Waals surface area contributed by atoms with Gasteiger partial charge in [-0.05, 0) is 37.1 Å². The molecule has 0 aliphatic carbocycles. The van der Waals surface area contributed by atoms with E-state index in [1.54, 1.807) is 30.3 Å². The molecule has 0 saturated heterocycles. The molecule has 29 heavy (non-hydrogen) atoms. The van der Waals surface area contributed by atoms with E-state index in [0.717, 1.165) is 10.5 Å². The van der Waals surface area contributed by atoms with Crippen LogP contribution in [0.15, 0.2) is 41.2 Å². The SMILES string of the molecule is CCc1cccc2c1OC(F)(F)C(=O)N2Cc1nc2ccc(C)cc2c(=O)n1C. The largest absolute Gasteiger partial charge is 0.483 e. The van der Waals surface area contributed by atoms with Gasteiger partial charge in [-0.1, -0.05) is 30.7 Å². The second kappa shape index (κ2) is 6.65. The Balaban J connectivity index is 1.86. The molecule has 3 aromatic rings. The third-order valence-electron chi connectivity index (χ3n) is 5.10. The van der Waals surface area contributed by atoms with Gasteiger partial charge >= 0.3 is 12.0 Å². The van der Waals surface area contributed by atoms with Crippen molar-refractivity contribution < 1.29 is 18.3 Å². The number of anilines is 1. The fraction of sp³-hybridized carbons (Fsp3) is 0.286. The first kappa shape index (κ1) is 19.0. The Morgan fingerprint density at radius 3 is 2.66 bits per heavy atom. The molecule has 1 amide bonds. The molecule has 2 heterocycles. The number of nitrogens with zero attached hydrogens (tertiary/aromatic N) is 3. The third-order valence-corrected chi connectivity index (χ3v) is 5.10. The highest BCUT2D eigenvalue weighted by atomic mass is 19.3. The number of carbonyl (C=O) groups is 1. The number of aromatic nitrogens is 2. The van der Waals surface area contributed by atoms with Crippen molar-refractivity contribution in [3.05, 3.63) is 63.7 Å². The minimum absolute atomic E-state index is 0.0268. The van der Waals surface area contributed by atoms with Crippen LogP contribution in [0.4, 0.5) is 14.5 Å². The van der Waals surface area contributed by atoms with Gasteiger partial charge in [-0.2, -0.15) is 8.78 Å². The number of rotatable bonds is 3. The molecule has 0 fully saturated rings. The van der Waals surface area contributed by atoms with E-state index in [4.69, 9.17) is 4.74 Å². The van der Waals surface area contributed by atoms with E-state index in [-0.39, 0.29) is 29.4 Å². The molecule has 0 saturated carbocycles. The van der Waals surface area contributed by atoms with Gasteiger partial charge in [0.2, 0.25) is 0 Å². The van der Waals surface area contributed by atoms with E-state index < -0.39 is 12.0 Å². The Bertz CT molecular complexity index is 1200. The van der Waals surface area contributed by atoms with Gasteiger partial charge in [0.05, 0.1) is 23.1 Å². The zero-order chi connectivity index (χ0) is 20.9. The summed E-state index contributed by atoms with van der Waals surface area (Å²) in [4.78, 5) is 30.6. The normalized spacial score (nSPS) is 15.3. The van der Waals surface area contributed by atoms with Gasteiger partial charge in [-0.25, -0.2) is 4.98 Å². The number of alkyl halides is 2. The summed E-state index contributed by atoms with van der Waals surface area (Å²) in [6, 6.07) is 10.1. The zero-order valence-corrected chi connectivity index (χ0v) is 16.2. The summed E-state index contributed by atoms with van der Waals surface area (Å²) >= 11 is 0. The highest BCUT2D eigenvalue weighted by Gasteiger charge is 2.51. The van der Waals surface area contributed by atoms with E-state index >= 15 is 0 Å². The molecular weight excluding hydrogens is 380 g/mol. The van der Waals surface area contributed by atoms with Crippen LogP contribution in [0.25, 0.3) is 10.9 Å². The summed E-state index contributed by atoms with van der Waals surface area (Å²) < 4.78 is 34.7. The van der Waals surface area contributed by atoms with Crippen molar-refractivity contribution in [3.63, 3.8) is 0 Å². The van der Waals surface area contributed by atoms with E-state index in [0.29, 0.717) is 22.9 Å². The summed E-state index contributed by atoms with van der Waals surface area (Å²) in [7, 11) is 1.51. The number of ether oxygens (including phenoxy) is 1. The van der Waals surface area contributed by atoms with Crippen LogP contribution in [-0.2, 0) is 24.8 Å². The Hall–Kier alpha value is -3.29. The predicted molar refractivity (Wildman–Crippen MR) is 104 cm³/mol. The number of halogens is 2. The molecule has 0 atom stereocenters. The molecule has 1 aliphatic heterocycles. The first-order chi connectivity index (χ1) is 13.7. The highest BCUT2D eigenvalue weighted by Crippen LogP contribution is 2.42. The quantitative estimate of drug-likeness (QED) is 0.678. The van der Waals surface area contributed by atoms with Gasteiger partial charge in [0.1, 0.15) is 5.82 Å². The number of hydrogen-bond donors (Lipinski definition) is 0. The number of aryl methyl sites for hydroxylation is 2. The minimum Gasteiger partial charge on any atom is -0.423 e. The zero-order valence-electron chi connectivity index (χ0n) is 16.2. The average Bonchev–Trinajstić information content (AvgIpc) is 2.69. The molecule has 0 unspecified atom stereocenters. The molecule has 0 radical (unpaired) electrons. The second-order valence-electron chi connectivity index (χ2n) is 7.04.